The first kappa shape index (κ1) is 7.92. The molecule has 1 fully saturated rings. The zero-order valence-electron chi connectivity index (χ0n) is 5.88. The van der Waals surface area contributed by atoms with Crippen LogP contribution in [0.4, 0.5) is 0 Å². The molecule has 0 bridgehead atoms. The molecular weight excluding hydrogens is 148 g/mol. The quantitative estimate of drug-likeness (QED) is 0.621. The van der Waals surface area contributed by atoms with Crippen molar-refractivity contribution < 1.29 is 9.90 Å². The van der Waals surface area contributed by atoms with E-state index in [2.05, 4.69) is 0 Å². The van der Waals surface area contributed by atoms with Crippen LogP contribution in [0.1, 0.15) is 19.3 Å². The van der Waals surface area contributed by atoms with E-state index in [9.17, 15) is 4.79 Å². The van der Waals surface area contributed by atoms with Crippen LogP contribution in [-0.2, 0) is 4.79 Å². The lowest BCUT2D eigenvalue weighted by Gasteiger charge is -1.94. The second-order valence-electron chi connectivity index (χ2n) is 2.66. The van der Waals surface area contributed by atoms with Crippen LogP contribution in [0.2, 0.25) is 0 Å². The van der Waals surface area contributed by atoms with Gasteiger partial charge in [-0.05, 0) is 24.5 Å². The van der Waals surface area contributed by atoms with Gasteiger partial charge in [0.05, 0.1) is 6.42 Å². The highest BCUT2D eigenvalue weighted by atomic mass is 32.2. The van der Waals surface area contributed by atoms with E-state index in [4.69, 9.17) is 5.11 Å². The largest absolute Gasteiger partial charge is 0.481 e. The highest BCUT2D eigenvalue weighted by Gasteiger charge is 2.20. The summed E-state index contributed by atoms with van der Waals surface area (Å²) in [5, 5.41) is 8.28. The first-order chi connectivity index (χ1) is 4.79. The molecule has 1 saturated carbocycles. The van der Waals surface area contributed by atoms with Gasteiger partial charge in [-0.15, -0.1) is 0 Å². The summed E-state index contributed by atoms with van der Waals surface area (Å²) < 4.78 is 0. The smallest absolute Gasteiger partial charge is 0.304 e. The molecule has 3 heteroatoms. The van der Waals surface area contributed by atoms with Crippen LogP contribution in [0.3, 0.4) is 0 Å². The Morgan fingerprint density at radius 2 is 2.30 bits per heavy atom. The molecule has 1 aliphatic carbocycles. The summed E-state index contributed by atoms with van der Waals surface area (Å²) in [6.07, 6.45) is 3.04. The average Bonchev–Trinajstić information content (AvgIpc) is 2.62. The molecule has 10 heavy (non-hydrogen) atoms. The Morgan fingerprint density at radius 3 is 2.80 bits per heavy atom. The Bertz CT molecular complexity index is 121. The maximum absolute atomic E-state index is 10.0. The maximum Gasteiger partial charge on any atom is 0.304 e. The molecule has 1 aliphatic rings. The Kier molecular flexibility index (Phi) is 3.06. The molecule has 0 aliphatic heterocycles. The number of hydrogen-bond donors (Lipinski definition) is 1. The molecule has 58 valence electrons. The summed E-state index contributed by atoms with van der Waals surface area (Å²) in [5.74, 6) is 2.20. The van der Waals surface area contributed by atoms with Crippen LogP contribution in [0, 0.1) is 5.92 Å². The Morgan fingerprint density at radius 1 is 1.60 bits per heavy atom. The summed E-state index contributed by atoms with van der Waals surface area (Å²) in [7, 11) is 0. The normalized spacial score (nSPS) is 17.2. The van der Waals surface area contributed by atoms with E-state index in [1.165, 1.54) is 18.6 Å². The fraction of sp³-hybridized carbons (Fsp3) is 0.857. The van der Waals surface area contributed by atoms with Gasteiger partial charge in [0.15, 0.2) is 0 Å². The molecular formula is C7H12O2S. The lowest BCUT2D eigenvalue weighted by atomic mass is 10.5. The Labute approximate surface area is 65.0 Å². The SMILES string of the molecule is O=C(O)CCSCC1CC1. The van der Waals surface area contributed by atoms with Crippen LogP contribution in [-0.4, -0.2) is 22.6 Å². The Hall–Kier alpha value is -0.180. The second kappa shape index (κ2) is 3.86. The van der Waals surface area contributed by atoms with Crippen LogP contribution in [0.15, 0.2) is 0 Å². The minimum atomic E-state index is -0.678. The van der Waals surface area contributed by atoms with Crippen molar-refractivity contribution in [3.8, 4) is 0 Å². The third-order valence-electron chi connectivity index (χ3n) is 1.51. The molecule has 0 spiro atoms. The average molecular weight is 160 g/mol. The highest BCUT2D eigenvalue weighted by Crippen LogP contribution is 2.32. The summed E-state index contributed by atoms with van der Waals surface area (Å²) in [6.45, 7) is 0. The van der Waals surface area contributed by atoms with E-state index in [-0.39, 0.29) is 0 Å². The van der Waals surface area contributed by atoms with Crippen molar-refractivity contribution in [2.45, 2.75) is 19.3 Å². The van der Waals surface area contributed by atoms with Gasteiger partial charge in [-0.1, -0.05) is 0 Å². The van der Waals surface area contributed by atoms with Gasteiger partial charge in [-0.3, -0.25) is 4.79 Å². The standard InChI is InChI=1S/C7H12O2S/c8-7(9)3-4-10-5-6-1-2-6/h6H,1-5H2,(H,8,9). The van der Waals surface area contributed by atoms with E-state index in [0.717, 1.165) is 11.7 Å². The number of carboxylic acid groups (broad SMARTS) is 1. The number of carbonyl (C=O) groups is 1. The van der Waals surface area contributed by atoms with Crippen molar-refractivity contribution in [3.05, 3.63) is 0 Å². The molecule has 0 amide bonds. The molecule has 0 aromatic heterocycles. The zero-order valence-corrected chi connectivity index (χ0v) is 6.69. The third-order valence-corrected chi connectivity index (χ3v) is 2.71. The summed E-state index contributed by atoms with van der Waals surface area (Å²) in [4.78, 5) is 10.0. The second-order valence-corrected chi connectivity index (χ2v) is 3.81. The fourth-order valence-corrected chi connectivity index (χ4v) is 1.85. The summed E-state index contributed by atoms with van der Waals surface area (Å²) in [6, 6.07) is 0. The van der Waals surface area contributed by atoms with Crippen molar-refractivity contribution >= 4 is 17.7 Å². The van der Waals surface area contributed by atoms with Crippen molar-refractivity contribution in [2.24, 2.45) is 5.92 Å². The highest BCUT2D eigenvalue weighted by molar-refractivity contribution is 7.99. The third kappa shape index (κ3) is 3.77. The van der Waals surface area contributed by atoms with Gasteiger partial charge in [0, 0.05) is 5.75 Å². The molecule has 0 unspecified atom stereocenters. The summed E-state index contributed by atoms with van der Waals surface area (Å²) in [5.41, 5.74) is 0. The topological polar surface area (TPSA) is 37.3 Å². The van der Waals surface area contributed by atoms with Gasteiger partial charge in [0.2, 0.25) is 0 Å². The molecule has 1 N–H and O–H groups in total. The van der Waals surface area contributed by atoms with Gasteiger partial charge in [-0.25, -0.2) is 0 Å². The van der Waals surface area contributed by atoms with Crippen LogP contribution in [0.5, 0.6) is 0 Å². The van der Waals surface area contributed by atoms with Gasteiger partial charge in [0.25, 0.3) is 0 Å². The molecule has 0 atom stereocenters. The van der Waals surface area contributed by atoms with Crippen LogP contribution < -0.4 is 0 Å². The molecule has 1 rings (SSSR count). The maximum atomic E-state index is 10.0. The van der Waals surface area contributed by atoms with E-state index < -0.39 is 5.97 Å². The Balaban J connectivity index is 1.80. The van der Waals surface area contributed by atoms with Crippen molar-refractivity contribution in [2.75, 3.05) is 11.5 Å². The van der Waals surface area contributed by atoms with Gasteiger partial charge in [-0.2, -0.15) is 11.8 Å². The van der Waals surface area contributed by atoms with E-state index in [1.807, 2.05) is 0 Å². The summed E-state index contributed by atoms with van der Waals surface area (Å²) >= 11 is 1.77. The minimum absolute atomic E-state index is 0.317. The molecule has 2 nitrogen and oxygen atoms in total. The number of rotatable bonds is 5. The monoisotopic (exact) mass is 160 g/mol. The van der Waals surface area contributed by atoms with Crippen molar-refractivity contribution in [1.29, 1.82) is 0 Å². The van der Waals surface area contributed by atoms with Crippen LogP contribution >= 0.6 is 11.8 Å². The molecule has 0 saturated heterocycles. The molecule has 0 aromatic carbocycles. The number of hydrogen-bond acceptors (Lipinski definition) is 2. The number of thioether (sulfide) groups is 1. The zero-order chi connectivity index (χ0) is 7.40. The predicted molar refractivity (Wildman–Crippen MR) is 42.3 cm³/mol. The van der Waals surface area contributed by atoms with Gasteiger partial charge < -0.3 is 5.11 Å². The van der Waals surface area contributed by atoms with Crippen LogP contribution in [0.25, 0.3) is 0 Å². The van der Waals surface area contributed by atoms with Crippen molar-refractivity contribution in [3.63, 3.8) is 0 Å². The number of aliphatic carboxylic acids is 1. The fourth-order valence-electron chi connectivity index (χ4n) is 0.694. The van der Waals surface area contributed by atoms with Crippen molar-refractivity contribution in [1.82, 2.24) is 0 Å². The first-order valence-electron chi connectivity index (χ1n) is 3.58. The van der Waals surface area contributed by atoms with Gasteiger partial charge >= 0.3 is 5.97 Å². The molecule has 0 heterocycles. The van der Waals surface area contributed by atoms with E-state index in [0.29, 0.717) is 6.42 Å². The minimum Gasteiger partial charge on any atom is -0.481 e. The lowest BCUT2D eigenvalue weighted by Crippen LogP contribution is -1.96. The number of carboxylic acids is 1. The molecule has 0 radical (unpaired) electrons. The van der Waals surface area contributed by atoms with E-state index in [1.54, 1.807) is 11.8 Å². The molecule has 0 aromatic rings. The van der Waals surface area contributed by atoms with E-state index >= 15 is 0 Å². The predicted octanol–water partition coefficient (Wildman–Crippen LogP) is 1.60. The first-order valence-corrected chi connectivity index (χ1v) is 4.74. The lowest BCUT2D eigenvalue weighted by molar-refractivity contribution is -0.136. The van der Waals surface area contributed by atoms with Gasteiger partial charge in [0.1, 0.15) is 0 Å².